The van der Waals surface area contributed by atoms with Crippen LogP contribution in [0.25, 0.3) is 0 Å². The van der Waals surface area contributed by atoms with Crippen LogP contribution in [0, 0.1) is 12.8 Å². The minimum absolute atomic E-state index is 0.201. The normalized spacial score (nSPS) is 16.7. The number of benzene rings is 1. The second kappa shape index (κ2) is 9.04. The molecule has 28 heavy (non-hydrogen) atoms. The van der Waals surface area contributed by atoms with Crippen LogP contribution in [0.4, 0.5) is 17.2 Å². The van der Waals surface area contributed by atoms with Gasteiger partial charge in [0.15, 0.2) is 0 Å². The van der Waals surface area contributed by atoms with Gasteiger partial charge >= 0.3 is 0 Å². The number of amides is 1. The highest BCUT2D eigenvalue weighted by atomic mass is 16.1. The zero-order chi connectivity index (χ0) is 20.1. The van der Waals surface area contributed by atoms with Crippen LogP contribution >= 0.6 is 0 Å². The summed E-state index contributed by atoms with van der Waals surface area (Å²) in [6.45, 7) is 12.4. The molecule has 1 aliphatic rings. The average molecular weight is 382 g/mol. The van der Waals surface area contributed by atoms with Crippen LogP contribution in [0.2, 0.25) is 0 Å². The summed E-state index contributed by atoms with van der Waals surface area (Å²) in [5.41, 5.74) is 3.42. The van der Waals surface area contributed by atoms with E-state index in [1.54, 1.807) is 6.07 Å². The van der Waals surface area contributed by atoms with E-state index in [9.17, 15) is 4.79 Å². The fourth-order valence-corrected chi connectivity index (χ4v) is 3.80. The number of aryl methyl sites for hydroxylation is 1. The van der Waals surface area contributed by atoms with Crippen LogP contribution in [0.3, 0.4) is 0 Å². The van der Waals surface area contributed by atoms with E-state index >= 15 is 0 Å². The first-order valence-electron chi connectivity index (χ1n) is 10.3. The molecule has 1 aromatic carbocycles. The molecule has 1 unspecified atom stereocenters. The van der Waals surface area contributed by atoms with E-state index in [2.05, 4.69) is 58.0 Å². The number of nitrogens with zero attached hydrogens (tertiary/aromatic N) is 4. The Morgan fingerprint density at radius 1 is 1.25 bits per heavy atom. The molecule has 0 spiro atoms. The minimum atomic E-state index is -0.201. The smallest absolute Gasteiger partial charge is 0.274 e. The van der Waals surface area contributed by atoms with Gasteiger partial charge in [0.05, 0.1) is 0 Å². The van der Waals surface area contributed by atoms with Gasteiger partial charge in [-0.3, -0.25) is 4.79 Å². The molecule has 0 bridgehead atoms. The standard InChI is InChI=1S/C22H31N5O/c1-5-26(6-2)18-9-10-19(17(4)12-18)25-22(28)20-13-21(24-15-23-20)27-11-7-8-16(3)14-27/h9-10,12-13,15-16H,5-8,11,14H2,1-4H3,(H,25,28). The van der Waals surface area contributed by atoms with Crippen molar-refractivity contribution in [1.82, 2.24) is 9.97 Å². The lowest BCUT2D eigenvalue weighted by Gasteiger charge is -2.31. The predicted molar refractivity (Wildman–Crippen MR) is 115 cm³/mol. The molecule has 1 N–H and O–H groups in total. The van der Waals surface area contributed by atoms with Gasteiger partial charge in [0.25, 0.3) is 5.91 Å². The zero-order valence-electron chi connectivity index (χ0n) is 17.4. The minimum Gasteiger partial charge on any atom is -0.372 e. The van der Waals surface area contributed by atoms with E-state index in [4.69, 9.17) is 0 Å². The van der Waals surface area contributed by atoms with Crippen molar-refractivity contribution >= 4 is 23.1 Å². The third-order valence-electron chi connectivity index (χ3n) is 5.45. The van der Waals surface area contributed by atoms with Gasteiger partial charge in [0.2, 0.25) is 0 Å². The molecule has 0 radical (unpaired) electrons. The van der Waals surface area contributed by atoms with Crippen molar-refractivity contribution < 1.29 is 4.79 Å². The van der Waals surface area contributed by atoms with Crippen molar-refractivity contribution in [1.29, 1.82) is 0 Å². The van der Waals surface area contributed by atoms with Gasteiger partial charge < -0.3 is 15.1 Å². The second-order valence-corrected chi connectivity index (χ2v) is 7.58. The Kier molecular flexibility index (Phi) is 6.49. The van der Waals surface area contributed by atoms with Crippen LogP contribution in [0.1, 0.15) is 49.7 Å². The molecule has 1 amide bonds. The Morgan fingerprint density at radius 3 is 2.71 bits per heavy atom. The van der Waals surface area contributed by atoms with E-state index in [-0.39, 0.29) is 5.91 Å². The molecule has 6 heteroatoms. The Hall–Kier alpha value is -2.63. The Labute approximate surface area is 168 Å². The number of rotatable bonds is 6. The van der Waals surface area contributed by atoms with E-state index in [1.165, 1.54) is 18.4 Å². The van der Waals surface area contributed by atoms with Gasteiger partial charge in [-0.1, -0.05) is 6.92 Å². The fourth-order valence-electron chi connectivity index (χ4n) is 3.80. The number of carbonyl (C=O) groups excluding carboxylic acids is 1. The number of anilines is 3. The third-order valence-corrected chi connectivity index (χ3v) is 5.45. The summed E-state index contributed by atoms with van der Waals surface area (Å²) in [6.07, 6.45) is 3.89. The van der Waals surface area contributed by atoms with Gasteiger partial charge in [0.1, 0.15) is 17.8 Å². The lowest BCUT2D eigenvalue weighted by Crippen LogP contribution is -2.35. The average Bonchev–Trinajstić information content (AvgIpc) is 2.71. The molecule has 3 rings (SSSR count). The Balaban J connectivity index is 1.73. The molecular formula is C22H31N5O. The van der Waals surface area contributed by atoms with Crippen molar-refractivity contribution in [2.24, 2.45) is 5.92 Å². The summed E-state index contributed by atoms with van der Waals surface area (Å²) in [4.78, 5) is 25.9. The van der Waals surface area contributed by atoms with E-state index < -0.39 is 0 Å². The van der Waals surface area contributed by atoms with Gasteiger partial charge in [0, 0.05) is 43.6 Å². The second-order valence-electron chi connectivity index (χ2n) is 7.58. The largest absolute Gasteiger partial charge is 0.372 e. The first kappa shape index (κ1) is 20.1. The maximum absolute atomic E-state index is 12.8. The van der Waals surface area contributed by atoms with Crippen LogP contribution < -0.4 is 15.1 Å². The molecule has 1 fully saturated rings. The van der Waals surface area contributed by atoms with E-state index in [0.717, 1.165) is 49.7 Å². The van der Waals surface area contributed by atoms with E-state index in [1.807, 2.05) is 13.0 Å². The highest BCUT2D eigenvalue weighted by molar-refractivity contribution is 6.03. The highest BCUT2D eigenvalue weighted by Gasteiger charge is 2.19. The molecule has 0 aliphatic carbocycles. The molecular weight excluding hydrogens is 350 g/mol. The van der Waals surface area contributed by atoms with E-state index in [0.29, 0.717) is 11.6 Å². The summed E-state index contributed by atoms with van der Waals surface area (Å²) in [5, 5.41) is 3.00. The van der Waals surface area contributed by atoms with Crippen molar-refractivity contribution in [2.45, 2.75) is 40.5 Å². The molecule has 1 saturated heterocycles. The molecule has 2 heterocycles. The van der Waals surface area contributed by atoms with Crippen molar-refractivity contribution in [3.8, 4) is 0 Å². The number of hydrogen-bond acceptors (Lipinski definition) is 5. The SMILES string of the molecule is CCN(CC)c1ccc(NC(=O)c2cc(N3CCCC(C)C3)ncn2)c(C)c1. The third kappa shape index (κ3) is 4.61. The van der Waals surface area contributed by atoms with Crippen molar-refractivity contribution in [3.05, 3.63) is 41.9 Å². The molecule has 0 saturated carbocycles. The molecule has 6 nitrogen and oxygen atoms in total. The number of hydrogen-bond donors (Lipinski definition) is 1. The summed E-state index contributed by atoms with van der Waals surface area (Å²) in [6, 6.07) is 7.93. The number of carbonyl (C=O) groups is 1. The lowest BCUT2D eigenvalue weighted by atomic mass is 10.0. The zero-order valence-corrected chi connectivity index (χ0v) is 17.4. The van der Waals surface area contributed by atoms with Gasteiger partial charge in [-0.15, -0.1) is 0 Å². The van der Waals surface area contributed by atoms with Gasteiger partial charge in [-0.05, 0) is 63.3 Å². The van der Waals surface area contributed by atoms with Gasteiger partial charge in [-0.2, -0.15) is 0 Å². The Bertz CT molecular complexity index is 818. The summed E-state index contributed by atoms with van der Waals surface area (Å²) in [5.74, 6) is 1.28. The number of nitrogens with one attached hydrogen (secondary N) is 1. The van der Waals surface area contributed by atoms with Crippen molar-refractivity contribution in [3.63, 3.8) is 0 Å². The maximum Gasteiger partial charge on any atom is 0.274 e. The topological polar surface area (TPSA) is 61.4 Å². The number of aromatic nitrogens is 2. The summed E-state index contributed by atoms with van der Waals surface area (Å²) in [7, 11) is 0. The molecule has 150 valence electrons. The Morgan fingerprint density at radius 2 is 2.04 bits per heavy atom. The summed E-state index contributed by atoms with van der Waals surface area (Å²) < 4.78 is 0. The molecule has 1 aliphatic heterocycles. The quantitative estimate of drug-likeness (QED) is 0.815. The maximum atomic E-state index is 12.8. The monoisotopic (exact) mass is 381 g/mol. The van der Waals surface area contributed by atoms with Crippen LogP contribution in [0.15, 0.2) is 30.6 Å². The van der Waals surface area contributed by atoms with Gasteiger partial charge in [-0.25, -0.2) is 9.97 Å². The van der Waals surface area contributed by atoms with Crippen LogP contribution in [0.5, 0.6) is 0 Å². The highest BCUT2D eigenvalue weighted by Crippen LogP contribution is 2.24. The lowest BCUT2D eigenvalue weighted by molar-refractivity contribution is 0.102. The molecule has 1 atom stereocenters. The van der Waals surface area contributed by atoms with Crippen LogP contribution in [-0.4, -0.2) is 42.1 Å². The van der Waals surface area contributed by atoms with Crippen molar-refractivity contribution in [2.75, 3.05) is 41.3 Å². The molecule has 1 aromatic heterocycles. The first-order valence-corrected chi connectivity index (χ1v) is 10.3. The number of piperidine rings is 1. The van der Waals surface area contributed by atoms with Crippen LogP contribution in [-0.2, 0) is 0 Å². The summed E-state index contributed by atoms with van der Waals surface area (Å²) >= 11 is 0. The predicted octanol–water partition coefficient (Wildman–Crippen LogP) is 4.12. The molecule has 2 aromatic rings. The fraction of sp³-hybridized carbons (Fsp3) is 0.500. The first-order chi connectivity index (χ1) is 13.5.